The van der Waals surface area contributed by atoms with Gasteiger partial charge in [-0.3, -0.25) is 0 Å². The summed E-state index contributed by atoms with van der Waals surface area (Å²) in [5, 5.41) is 0. The molecule has 0 aromatic heterocycles. The van der Waals surface area contributed by atoms with Crippen molar-refractivity contribution in [2.45, 2.75) is 37.4 Å². The first-order valence-corrected chi connectivity index (χ1v) is 8.60. The minimum atomic E-state index is -0.290. The molecule has 0 aromatic carbocycles. The van der Waals surface area contributed by atoms with Crippen molar-refractivity contribution in [2.24, 2.45) is 0 Å². The first-order chi connectivity index (χ1) is 7.99. The summed E-state index contributed by atoms with van der Waals surface area (Å²) in [6, 6.07) is 0. The van der Waals surface area contributed by atoms with Crippen molar-refractivity contribution in [1.29, 1.82) is 0 Å². The van der Waals surface area contributed by atoms with Crippen LogP contribution in [0.25, 0.3) is 0 Å². The summed E-state index contributed by atoms with van der Waals surface area (Å²) in [6.45, 7) is 2.16. The van der Waals surface area contributed by atoms with Crippen molar-refractivity contribution < 1.29 is 9.53 Å². The average Bonchev–Trinajstić information content (AvgIpc) is 2.54. The molecule has 0 amide bonds. The molecule has 6 heteroatoms. The van der Waals surface area contributed by atoms with Gasteiger partial charge in [0, 0.05) is 4.83 Å². The van der Waals surface area contributed by atoms with E-state index in [0.29, 0.717) is 19.2 Å². The normalized spacial score (nSPS) is 17.5. The van der Waals surface area contributed by atoms with E-state index in [1.54, 1.807) is 0 Å². The second-order valence-corrected chi connectivity index (χ2v) is 8.22. The first kappa shape index (κ1) is 15.9. The molecule has 0 radical (unpaired) electrons. The summed E-state index contributed by atoms with van der Waals surface area (Å²) in [4.78, 5) is 11.8. The predicted molar refractivity (Wildman–Crippen MR) is 83.8 cm³/mol. The molecule has 96 valence electrons. The van der Waals surface area contributed by atoms with Crippen molar-refractivity contribution in [1.82, 2.24) is 0 Å². The maximum atomic E-state index is 11.8. The van der Waals surface area contributed by atoms with Gasteiger partial charge in [-0.25, -0.2) is 4.79 Å². The molecule has 1 atom stereocenters. The van der Waals surface area contributed by atoms with Crippen LogP contribution >= 0.6 is 63.7 Å². The summed E-state index contributed by atoms with van der Waals surface area (Å²) in [6.07, 6.45) is 4.37. The van der Waals surface area contributed by atoms with E-state index in [4.69, 9.17) is 4.74 Å². The van der Waals surface area contributed by atoms with Gasteiger partial charge in [0.05, 0.1) is 10.1 Å². The molecule has 1 heterocycles. The molecular weight excluding hydrogens is 484 g/mol. The number of cyclic esters (lactones) is 1. The highest BCUT2D eigenvalue weighted by Crippen LogP contribution is 2.40. The molecule has 2 nitrogen and oxygen atoms in total. The topological polar surface area (TPSA) is 26.3 Å². The summed E-state index contributed by atoms with van der Waals surface area (Å²) in [5.41, 5.74) is 0.660. The van der Waals surface area contributed by atoms with Crippen LogP contribution in [0.5, 0.6) is 0 Å². The fourth-order valence-corrected chi connectivity index (χ4v) is 4.36. The number of allylic oxidation sites excluding steroid dienone is 1. The highest BCUT2D eigenvalue weighted by molar-refractivity contribution is 9.28. The van der Waals surface area contributed by atoms with E-state index >= 15 is 0 Å². The van der Waals surface area contributed by atoms with Crippen molar-refractivity contribution in [3.8, 4) is 0 Å². The molecule has 0 saturated carbocycles. The maximum Gasteiger partial charge on any atom is 0.341 e. The van der Waals surface area contributed by atoms with Crippen LogP contribution < -0.4 is 0 Å². The Morgan fingerprint density at radius 1 is 1.35 bits per heavy atom. The van der Waals surface area contributed by atoms with E-state index in [9.17, 15) is 4.79 Å². The maximum absolute atomic E-state index is 11.8. The number of hydrogen-bond acceptors (Lipinski definition) is 2. The Morgan fingerprint density at radius 2 is 2.00 bits per heavy atom. The van der Waals surface area contributed by atoms with Crippen molar-refractivity contribution in [3.63, 3.8) is 0 Å². The standard InChI is InChI=1S/C11H12Br4O2/c1-2-3-4-5-6(12)7-8(13)9(10(14)15)17-11(7)16/h6H,2-5H2,1H3. The summed E-state index contributed by atoms with van der Waals surface area (Å²) >= 11 is 13.5. The second-order valence-electron chi connectivity index (χ2n) is 3.67. The molecule has 0 saturated heterocycles. The van der Waals surface area contributed by atoms with E-state index in [2.05, 4.69) is 70.6 Å². The Kier molecular flexibility index (Phi) is 6.99. The minimum Gasteiger partial charge on any atom is -0.420 e. The molecule has 1 rings (SSSR count). The third kappa shape index (κ3) is 4.18. The number of rotatable bonds is 5. The quantitative estimate of drug-likeness (QED) is 0.286. The van der Waals surface area contributed by atoms with Gasteiger partial charge in [0.2, 0.25) is 0 Å². The molecule has 0 aromatic rings. The Labute approximate surface area is 135 Å². The minimum absolute atomic E-state index is 0.0350. The molecule has 0 bridgehead atoms. The van der Waals surface area contributed by atoms with Crippen molar-refractivity contribution >= 4 is 69.7 Å². The highest BCUT2D eigenvalue weighted by atomic mass is 79.9. The molecule has 0 N–H and O–H groups in total. The van der Waals surface area contributed by atoms with Crippen LogP contribution in [0.3, 0.4) is 0 Å². The number of esters is 1. The van der Waals surface area contributed by atoms with Crippen molar-refractivity contribution in [2.75, 3.05) is 0 Å². The Bertz CT molecular complexity index is 370. The van der Waals surface area contributed by atoms with Gasteiger partial charge in [0.1, 0.15) is 3.39 Å². The lowest BCUT2D eigenvalue weighted by Gasteiger charge is -2.08. The Hall–Kier alpha value is 0.870. The lowest BCUT2D eigenvalue weighted by Crippen LogP contribution is -2.10. The highest BCUT2D eigenvalue weighted by Gasteiger charge is 2.33. The third-order valence-corrected chi connectivity index (χ3v) is 4.82. The zero-order chi connectivity index (χ0) is 13.0. The number of carbonyl (C=O) groups is 1. The smallest absolute Gasteiger partial charge is 0.341 e. The van der Waals surface area contributed by atoms with Gasteiger partial charge in [0.15, 0.2) is 5.76 Å². The number of unbranched alkanes of at least 4 members (excludes halogenated alkanes) is 2. The number of alkyl halides is 1. The molecule has 1 aliphatic heterocycles. The molecule has 0 spiro atoms. The van der Waals surface area contributed by atoms with Gasteiger partial charge in [-0.2, -0.15) is 0 Å². The van der Waals surface area contributed by atoms with Crippen LogP contribution in [0.2, 0.25) is 0 Å². The zero-order valence-corrected chi connectivity index (χ0v) is 15.6. The van der Waals surface area contributed by atoms with Crippen LogP contribution in [-0.4, -0.2) is 10.8 Å². The summed E-state index contributed by atoms with van der Waals surface area (Å²) in [5.74, 6) is 0.214. The van der Waals surface area contributed by atoms with E-state index in [1.165, 1.54) is 12.8 Å². The predicted octanol–water partition coefficient (Wildman–Crippen LogP) is 5.49. The number of ether oxygens (including phenoxy) is 1. The van der Waals surface area contributed by atoms with E-state index in [1.807, 2.05) is 0 Å². The van der Waals surface area contributed by atoms with Crippen LogP contribution in [-0.2, 0) is 9.53 Å². The van der Waals surface area contributed by atoms with Crippen LogP contribution in [0.1, 0.15) is 32.6 Å². The molecule has 17 heavy (non-hydrogen) atoms. The van der Waals surface area contributed by atoms with E-state index < -0.39 is 0 Å². The third-order valence-electron chi connectivity index (χ3n) is 2.40. The molecule has 0 fully saturated rings. The number of halogens is 4. The van der Waals surface area contributed by atoms with Crippen molar-refractivity contribution in [3.05, 3.63) is 19.2 Å². The van der Waals surface area contributed by atoms with Gasteiger partial charge in [-0.1, -0.05) is 42.1 Å². The molecule has 1 unspecified atom stereocenters. The lowest BCUT2D eigenvalue weighted by molar-refractivity contribution is -0.133. The van der Waals surface area contributed by atoms with Crippen LogP contribution in [0.4, 0.5) is 0 Å². The lowest BCUT2D eigenvalue weighted by atomic mass is 10.1. The molecule has 0 aliphatic carbocycles. The second kappa shape index (κ2) is 7.46. The Balaban J connectivity index is 2.81. The van der Waals surface area contributed by atoms with Gasteiger partial charge in [0.25, 0.3) is 0 Å². The fourth-order valence-electron chi connectivity index (χ4n) is 1.51. The summed E-state index contributed by atoms with van der Waals surface area (Å²) < 4.78 is 6.52. The van der Waals surface area contributed by atoms with Gasteiger partial charge >= 0.3 is 5.97 Å². The number of hydrogen-bond donors (Lipinski definition) is 0. The van der Waals surface area contributed by atoms with Gasteiger partial charge < -0.3 is 4.74 Å². The van der Waals surface area contributed by atoms with E-state index in [0.717, 1.165) is 12.8 Å². The van der Waals surface area contributed by atoms with Gasteiger partial charge in [-0.05, 0) is 54.2 Å². The van der Waals surface area contributed by atoms with Crippen LogP contribution in [0.15, 0.2) is 19.2 Å². The number of carbonyl (C=O) groups excluding carboxylic acids is 1. The average molecular weight is 496 g/mol. The largest absolute Gasteiger partial charge is 0.420 e. The zero-order valence-electron chi connectivity index (χ0n) is 9.23. The molecular formula is C11H12Br4O2. The van der Waals surface area contributed by atoms with Gasteiger partial charge in [-0.15, -0.1) is 0 Å². The molecule has 1 aliphatic rings. The van der Waals surface area contributed by atoms with E-state index in [-0.39, 0.29) is 10.8 Å². The SMILES string of the molecule is CCCCCC(Br)C1=C(Br)C(=C(Br)Br)OC1=O. The Morgan fingerprint density at radius 3 is 2.47 bits per heavy atom. The fraction of sp³-hybridized carbons (Fsp3) is 0.545. The first-order valence-electron chi connectivity index (χ1n) is 5.30. The van der Waals surface area contributed by atoms with Crippen LogP contribution in [0, 0.1) is 0 Å². The summed E-state index contributed by atoms with van der Waals surface area (Å²) in [7, 11) is 0. The monoisotopic (exact) mass is 492 g/mol.